The first-order valence-electron chi connectivity index (χ1n) is 8.63. The van der Waals surface area contributed by atoms with E-state index in [9.17, 15) is 20.4 Å². The Morgan fingerprint density at radius 2 is 1.73 bits per heavy atom. The minimum atomic E-state index is -0.880. The molecule has 0 amide bonds. The highest BCUT2D eigenvalue weighted by atomic mass is 16.5. The minimum Gasteiger partial charge on any atom is -0.508 e. The van der Waals surface area contributed by atoms with E-state index in [0.29, 0.717) is 28.2 Å². The number of hydrogen-bond donors (Lipinski definition) is 4. The molecule has 0 saturated carbocycles. The fourth-order valence-electron chi connectivity index (χ4n) is 3.66. The van der Waals surface area contributed by atoms with Gasteiger partial charge in [0, 0.05) is 29.2 Å². The van der Waals surface area contributed by atoms with Crippen LogP contribution in [-0.4, -0.2) is 38.7 Å². The summed E-state index contributed by atoms with van der Waals surface area (Å²) in [4.78, 5) is 0. The summed E-state index contributed by atoms with van der Waals surface area (Å²) in [5.74, 6) is 0.598. The molecule has 0 aromatic heterocycles. The predicted octanol–water partition coefficient (Wildman–Crippen LogP) is 2.38. The van der Waals surface area contributed by atoms with Crippen molar-refractivity contribution in [2.75, 3.05) is 6.61 Å². The molecule has 2 aromatic carbocycles. The molecule has 6 heteroatoms. The van der Waals surface area contributed by atoms with Crippen molar-refractivity contribution in [2.24, 2.45) is 0 Å². The first-order valence-corrected chi connectivity index (χ1v) is 8.63. The third-order valence-electron chi connectivity index (χ3n) is 5.36. The van der Waals surface area contributed by atoms with Crippen molar-refractivity contribution in [3.63, 3.8) is 0 Å². The number of hydrogen-bond acceptors (Lipinski definition) is 6. The van der Waals surface area contributed by atoms with Crippen molar-refractivity contribution < 1.29 is 29.9 Å². The van der Waals surface area contributed by atoms with Gasteiger partial charge in [-0.25, -0.2) is 0 Å². The van der Waals surface area contributed by atoms with Crippen LogP contribution in [0.25, 0.3) is 0 Å². The zero-order valence-electron chi connectivity index (χ0n) is 14.6. The molecule has 4 N–H and O–H groups in total. The number of aliphatic hydroxyl groups excluding tert-OH is 2. The average Bonchev–Trinajstić information content (AvgIpc) is 2.58. The van der Waals surface area contributed by atoms with E-state index in [-0.39, 0.29) is 24.5 Å². The van der Waals surface area contributed by atoms with E-state index in [2.05, 4.69) is 0 Å². The Kier molecular flexibility index (Phi) is 3.78. The Bertz CT molecular complexity index is 860. The fraction of sp³-hybridized carbons (Fsp3) is 0.400. The van der Waals surface area contributed by atoms with E-state index in [1.807, 2.05) is 0 Å². The Balaban J connectivity index is 1.72. The molecule has 0 saturated heterocycles. The quantitative estimate of drug-likeness (QED) is 0.625. The molecular formula is C20H22O6. The summed E-state index contributed by atoms with van der Waals surface area (Å²) >= 11 is 0. The van der Waals surface area contributed by atoms with Gasteiger partial charge in [0.25, 0.3) is 0 Å². The lowest BCUT2D eigenvalue weighted by Gasteiger charge is -2.38. The summed E-state index contributed by atoms with van der Waals surface area (Å²) in [6.45, 7) is 3.77. The monoisotopic (exact) mass is 358 g/mol. The lowest BCUT2D eigenvalue weighted by atomic mass is 9.83. The van der Waals surface area contributed by atoms with Gasteiger partial charge in [-0.05, 0) is 32.0 Å². The highest BCUT2D eigenvalue weighted by Gasteiger charge is 2.39. The summed E-state index contributed by atoms with van der Waals surface area (Å²) in [5.41, 5.74) is 0.923. The maximum atomic E-state index is 10.8. The average molecular weight is 358 g/mol. The minimum absolute atomic E-state index is 0.0203. The molecule has 3 atom stereocenters. The van der Waals surface area contributed by atoms with Crippen molar-refractivity contribution in [3.05, 3.63) is 47.0 Å². The molecule has 138 valence electrons. The number of fused-ring (bicyclic) bond motifs is 2. The molecule has 6 nitrogen and oxygen atoms in total. The number of phenolic OH excluding ortho intramolecular Hbond substituents is 2. The standard InChI is InChI=1S/C20H22O6/c1-20(2)17(22)8-13-15(26-20)6-5-11(18(13)23)14-9-25-16-7-10(21)3-4-12(16)19(14)24/h3-7,14,17,19,21-24H,8-9H2,1-2H3. The third-order valence-corrected chi connectivity index (χ3v) is 5.36. The van der Waals surface area contributed by atoms with Crippen LogP contribution in [0.4, 0.5) is 0 Å². The highest BCUT2D eigenvalue weighted by Crippen LogP contribution is 2.47. The van der Waals surface area contributed by atoms with Crippen LogP contribution in [0, 0.1) is 0 Å². The molecule has 26 heavy (non-hydrogen) atoms. The van der Waals surface area contributed by atoms with Crippen molar-refractivity contribution >= 4 is 0 Å². The van der Waals surface area contributed by atoms with Crippen molar-refractivity contribution in [1.82, 2.24) is 0 Å². The number of aliphatic hydroxyl groups is 2. The molecule has 0 aliphatic carbocycles. The van der Waals surface area contributed by atoms with Crippen LogP contribution in [0.15, 0.2) is 30.3 Å². The van der Waals surface area contributed by atoms with Crippen LogP contribution < -0.4 is 9.47 Å². The van der Waals surface area contributed by atoms with Gasteiger partial charge in [0.15, 0.2) is 0 Å². The first-order chi connectivity index (χ1) is 12.3. The van der Waals surface area contributed by atoms with Gasteiger partial charge in [-0.3, -0.25) is 0 Å². The molecule has 3 unspecified atom stereocenters. The Morgan fingerprint density at radius 3 is 2.50 bits per heavy atom. The maximum absolute atomic E-state index is 10.8. The lowest BCUT2D eigenvalue weighted by Crippen LogP contribution is -2.46. The molecule has 0 bridgehead atoms. The maximum Gasteiger partial charge on any atom is 0.129 e. The molecule has 4 rings (SSSR count). The zero-order chi connectivity index (χ0) is 18.6. The molecule has 0 spiro atoms. The second kappa shape index (κ2) is 5.79. The number of rotatable bonds is 1. The van der Waals surface area contributed by atoms with Gasteiger partial charge >= 0.3 is 0 Å². The normalized spacial score (nSPS) is 26.2. The summed E-state index contributed by atoms with van der Waals surface area (Å²) in [6.07, 6.45) is -1.35. The zero-order valence-corrected chi connectivity index (χ0v) is 14.6. The molecule has 2 heterocycles. The van der Waals surface area contributed by atoms with Gasteiger partial charge in [0.2, 0.25) is 0 Å². The van der Waals surface area contributed by atoms with Crippen LogP contribution in [0.1, 0.15) is 42.6 Å². The van der Waals surface area contributed by atoms with Crippen LogP contribution in [-0.2, 0) is 6.42 Å². The third kappa shape index (κ3) is 2.57. The Hall–Kier alpha value is -2.44. The van der Waals surface area contributed by atoms with E-state index >= 15 is 0 Å². The Labute approximate surface area is 151 Å². The van der Waals surface area contributed by atoms with E-state index in [4.69, 9.17) is 9.47 Å². The fourth-order valence-corrected chi connectivity index (χ4v) is 3.66. The molecular weight excluding hydrogens is 336 g/mol. The van der Waals surface area contributed by atoms with Gasteiger partial charge in [0.1, 0.15) is 28.6 Å². The number of aromatic hydroxyl groups is 2. The van der Waals surface area contributed by atoms with Gasteiger partial charge in [-0.2, -0.15) is 0 Å². The number of benzene rings is 2. The molecule has 2 aliphatic rings. The highest BCUT2D eigenvalue weighted by molar-refractivity contribution is 5.54. The van der Waals surface area contributed by atoms with Crippen LogP contribution in [0.3, 0.4) is 0 Å². The van der Waals surface area contributed by atoms with Gasteiger partial charge in [-0.1, -0.05) is 6.07 Å². The molecule has 0 fully saturated rings. The lowest BCUT2D eigenvalue weighted by molar-refractivity contribution is -0.0418. The predicted molar refractivity (Wildman–Crippen MR) is 93.8 cm³/mol. The molecule has 0 radical (unpaired) electrons. The van der Waals surface area contributed by atoms with Gasteiger partial charge in [0.05, 0.1) is 24.7 Å². The smallest absolute Gasteiger partial charge is 0.129 e. The van der Waals surface area contributed by atoms with Crippen molar-refractivity contribution in [1.29, 1.82) is 0 Å². The largest absolute Gasteiger partial charge is 0.508 e. The van der Waals surface area contributed by atoms with Crippen LogP contribution in [0.2, 0.25) is 0 Å². The summed E-state index contributed by atoms with van der Waals surface area (Å²) in [5, 5.41) is 41.4. The van der Waals surface area contributed by atoms with Crippen LogP contribution >= 0.6 is 0 Å². The topological polar surface area (TPSA) is 99.4 Å². The molecule has 2 aliphatic heterocycles. The van der Waals surface area contributed by atoms with Crippen molar-refractivity contribution in [3.8, 4) is 23.0 Å². The van der Waals surface area contributed by atoms with E-state index in [1.54, 1.807) is 32.0 Å². The van der Waals surface area contributed by atoms with E-state index in [1.165, 1.54) is 12.1 Å². The van der Waals surface area contributed by atoms with Gasteiger partial charge < -0.3 is 29.9 Å². The number of phenols is 2. The summed E-state index contributed by atoms with van der Waals surface area (Å²) in [6, 6.07) is 8.06. The van der Waals surface area contributed by atoms with Crippen LogP contribution in [0.5, 0.6) is 23.0 Å². The molecule has 2 aromatic rings. The second-order valence-electron chi connectivity index (χ2n) is 7.49. The summed E-state index contributed by atoms with van der Waals surface area (Å²) < 4.78 is 11.5. The Morgan fingerprint density at radius 1 is 1.00 bits per heavy atom. The van der Waals surface area contributed by atoms with Gasteiger partial charge in [-0.15, -0.1) is 0 Å². The summed E-state index contributed by atoms with van der Waals surface area (Å²) in [7, 11) is 0. The van der Waals surface area contributed by atoms with E-state index in [0.717, 1.165) is 0 Å². The van der Waals surface area contributed by atoms with E-state index < -0.39 is 23.7 Å². The first kappa shape index (κ1) is 17.0. The number of ether oxygens (including phenoxy) is 2. The van der Waals surface area contributed by atoms with Crippen molar-refractivity contribution in [2.45, 2.75) is 44.0 Å². The SMILES string of the molecule is CC1(C)Oc2ccc(C3COc4cc(O)ccc4C3O)c(O)c2CC1O. The second-order valence-corrected chi connectivity index (χ2v) is 7.49.